The molecule has 94 valence electrons. The monoisotopic (exact) mass is 265 g/mol. The molecule has 2 rings (SSSR count). The molecule has 0 bridgehead atoms. The van der Waals surface area contributed by atoms with Crippen molar-refractivity contribution in [3.63, 3.8) is 0 Å². The van der Waals surface area contributed by atoms with Crippen LogP contribution in [-0.4, -0.2) is 6.54 Å². The summed E-state index contributed by atoms with van der Waals surface area (Å²) in [4.78, 5) is 0. The molecule has 0 saturated heterocycles. The first-order valence-corrected chi connectivity index (χ1v) is 5.98. The van der Waals surface area contributed by atoms with Crippen molar-refractivity contribution < 1.29 is 9.13 Å². The molecule has 18 heavy (non-hydrogen) atoms. The maximum Gasteiger partial charge on any atom is 0.130 e. The minimum absolute atomic E-state index is 0.329. The van der Waals surface area contributed by atoms with Gasteiger partial charge in [-0.15, -0.1) is 0 Å². The highest BCUT2D eigenvalue weighted by atomic mass is 35.5. The smallest absolute Gasteiger partial charge is 0.130 e. The summed E-state index contributed by atoms with van der Waals surface area (Å²) in [6.07, 6.45) is 0.620. The Labute approximate surface area is 110 Å². The van der Waals surface area contributed by atoms with E-state index in [-0.39, 0.29) is 5.82 Å². The molecule has 0 aliphatic rings. The lowest BCUT2D eigenvalue weighted by atomic mass is 10.1. The lowest BCUT2D eigenvalue weighted by molar-refractivity contribution is 0.476. The van der Waals surface area contributed by atoms with Crippen LogP contribution in [0.3, 0.4) is 0 Å². The SMILES string of the molecule is NCCc1cc(F)cc(Oc2ccc(Cl)cc2)c1. The summed E-state index contributed by atoms with van der Waals surface area (Å²) in [7, 11) is 0. The van der Waals surface area contributed by atoms with E-state index in [0.29, 0.717) is 29.5 Å². The van der Waals surface area contributed by atoms with Gasteiger partial charge in [0.15, 0.2) is 0 Å². The molecule has 0 heterocycles. The van der Waals surface area contributed by atoms with Gasteiger partial charge in [0.25, 0.3) is 0 Å². The van der Waals surface area contributed by atoms with Crippen LogP contribution in [0.4, 0.5) is 4.39 Å². The Balaban J connectivity index is 2.20. The Morgan fingerprint density at radius 3 is 2.44 bits per heavy atom. The molecule has 2 aromatic carbocycles. The first-order chi connectivity index (χ1) is 8.67. The van der Waals surface area contributed by atoms with Crippen LogP contribution in [0.1, 0.15) is 5.56 Å². The number of rotatable bonds is 4. The summed E-state index contributed by atoms with van der Waals surface area (Å²) in [5, 5.41) is 0.630. The highest BCUT2D eigenvalue weighted by Crippen LogP contribution is 2.25. The normalized spacial score (nSPS) is 10.4. The van der Waals surface area contributed by atoms with Crippen molar-refractivity contribution in [1.29, 1.82) is 0 Å². The summed E-state index contributed by atoms with van der Waals surface area (Å²) in [6.45, 7) is 0.476. The van der Waals surface area contributed by atoms with Crippen LogP contribution in [0.5, 0.6) is 11.5 Å². The van der Waals surface area contributed by atoms with Crippen LogP contribution in [0.15, 0.2) is 42.5 Å². The van der Waals surface area contributed by atoms with Gasteiger partial charge in [0.05, 0.1) is 0 Å². The summed E-state index contributed by atoms with van der Waals surface area (Å²) < 4.78 is 18.9. The van der Waals surface area contributed by atoms with Gasteiger partial charge < -0.3 is 10.5 Å². The van der Waals surface area contributed by atoms with E-state index in [1.54, 1.807) is 30.3 Å². The first-order valence-electron chi connectivity index (χ1n) is 5.60. The molecule has 0 radical (unpaired) electrons. The first kappa shape index (κ1) is 12.9. The van der Waals surface area contributed by atoms with Gasteiger partial charge in [-0.2, -0.15) is 0 Å². The predicted molar refractivity (Wildman–Crippen MR) is 70.7 cm³/mol. The second kappa shape index (κ2) is 5.85. The Kier molecular flexibility index (Phi) is 4.18. The summed E-state index contributed by atoms with van der Waals surface area (Å²) in [6, 6.07) is 11.5. The molecule has 2 aromatic rings. The van der Waals surface area contributed by atoms with E-state index >= 15 is 0 Å². The second-order valence-corrected chi connectivity index (χ2v) is 4.33. The third kappa shape index (κ3) is 3.45. The maximum atomic E-state index is 13.4. The molecule has 2 nitrogen and oxygen atoms in total. The zero-order chi connectivity index (χ0) is 13.0. The topological polar surface area (TPSA) is 35.2 Å². The van der Waals surface area contributed by atoms with Gasteiger partial charge >= 0.3 is 0 Å². The van der Waals surface area contributed by atoms with Crippen molar-refractivity contribution in [2.45, 2.75) is 6.42 Å². The van der Waals surface area contributed by atoms with E-state index in [1.165, 1.54) is 12.1 Å². The zero-order valence-electron chi connectivity index (χ0n) is 9.70. The fourth-order valence-corrected chi connectivity index (χ4v) is 1.76. The van der Waals surface area contributed by atoms with Gasteiger partial charge in [0, 0.05) is 11.1 Å². The number of hydrogen-bond donors (Lipinski definition) is 1. The van der Waals surface area contributed by atoms with Crippen molar-refractivity contribution in [2.75, 3.05) is 6.54 Å². The van der Waals surface area contributed by atoms with Crippen LogP contribution >= 0.6 is 11.6 Å². The molecule has 4 heteroatoms. The van der Waals surface area contributed by atoms with Crippen molar-refractivity contribution in [3.05, 3.63) is 58.9 Å². The molecule has 0 amide bonds. The quantitative estimate of drug-likeness (QED) is 0.913. The molecular formula is C14H13ClFNO. The van der Waals surface area contributed by atoms with Gasteiger partial charge in [-0.05, 0) is 54.9 Å². The molecule has 0 unspecified atom stereocenters. The third-order valence-electron chi connectivity index (χ3n) is 2.41. The van der Waals surface area contributed by atoms with Crippen molar-refractivity contribution in [3.8, 4) is 11.5 Å². The molecule has 0 atom stereocenters. The second-order valence-electron chi connectivity index (χ2n) is 3.89. The maximum absolute atomic E-state index is 13.4. The minimum Gasteiger partial charge on any atom is -0.457 e. The third-order valence-corrected chi connectivity index (χ3v) is 2.67. The number of nitrogens with two attached hydrogens (primary N) is 1. The number of halogens is 2. The highest BCUT2D eigenvalue weighted by molar-refractivity contribution is 6.30. The molecule has 0 aliphatic carbocycles. The molecule has 0 saturated carbocycles. The zero-order valence-corrected chi connectivity index (χ0v) is 10.5. The Morgan fingerprint density at radius 1 is 1.06 bits per heavy atom. The van der Waals surface area contributed by atoms with E-state index in [1.807, 2.05) is 0 Å². The Bertz CT molecular complexity index is 528. The van der Waals surface area contributed by atoms with Gasteiger partial charge in [0.2, 0.25) is 0 Å². The fourth-order valence-electron chi connectivity index (χ4n) is 1.63. The largest absolute Gasteiger partial charge is 0.457 e. The van der Waals surface area contributed by atoms with E-state index in [4.69, 9.17) is 22.1 Å². The Hall–Kier alpha value is -1.58. The lowest BCUT2D eigenvalue weighted by Gasteiger charge is -2.08. The van der Waals surface area contributed by atoms with E-state index in [9.17, 15) is 4.39 Å². The highest BCUT2D eigenvalue weighted by Gasteiger charge is 2.03. The van der Waals surface area contributed by atoms with E-state index in [0.717, 1.165) is 5.56 Å². The van der Waals surface area contributed by atoms with Crippen LogP contribution in [0, 0.1) is 5.82 Å². The van der Waals surface area contributed by atoms with Gasteiger partial charge in [0.1, 0.15) is 17.3 Å². The fraction of sp³-hybridized carbons (Fsp3) is 0.143. The van der Waals surface area contributed by atoms with E-state index < -0.39 is 0 Å². The number of hydrogen-bond acceptors (Lipinski definition) is 2. The lowest BCUT2D eigenvalue weighted by Crippen LogP contribution is -2.03. The minimum atomic E-state index is -0.329. The van der Waals surface area contributed by atoms with Crippen LogP contribution in [0.2, 0.25) is 5.02 Å². The average molecular weight is 266 g/mol. The Morgan fingerprint density at radius 2 is 1.78 bits per heavy atom. The van der Waals surface area contributed by atoms with Crippen LogP contribution in [-0.2, 0) is 6.42 Å². The van der Waals surface area contributed by atoms with Crippen LogP contribution < -0.4 is 10.5 Å². The van der Waals surface area contributed by atoms with Gasteiger partial charge in [-0.1, -0.05) is 11.6 Å². The number of ether oxygens (including phenoxy) is 1. The van der Waals surface area contributed by atoms with E-state index in [2.05, 4.69) is 0 Å². The standard InChI is InChI=1S/C14H13ClFNO/c15-11-1-3-13(4-2-11)18-14-8-10(5-6-17)7-12(16)9-14/h1-4,7-9H,5-6,17H2. The molecular weight excluding hydrogens is 253 g/mol. The molecule has 0 spiro atoms. The summed E-state index contributed by atoms with van der Waals surface area (Å²) in [5.41, 5.74) is 6.27. The van der Waals surface area contributed by atoms with Gasteiger partial charge in [-0.25, -0.2) is 4.39 Å². The molecule has 0 aliphatic heterocycles. The van der Waals surface area contributed by atoms with Crippen molar-refractivity contribution in [1.82, 2.24) is 0 Å². The average Bonchev–Trinajstić information content (AvgIpc) is 2.32. The van der Waals surface area contributed by atoms with Gasteiger partial charge in [-0.3, -0.25) is 0 Å². The number of benzene rings is 2. The summed E-state index contributed by atoms with van der Waals surface area (Å²) in [5.74, 6) is 0.745. The van der Waals surface area contributed by atoms with Crippen LogP contribution in [0.25, 0.3) is 0 Å². The molecule has 0 aromatic heterocycles. The van der Waals surface area contributed by atoms with Crippen molar-refractivity contribution >= 4 is 11.6 Å². The predicted octanol–water partition coefficient (Wildman–Crippen LogP) is 3.77. The van der Waals surface area contributed by atoms with Crippen molar-refractivity contribution in [2.24, 2.45) is 5.73 Å². The molecule has 2 N–H and O–H groups in total. The molecule has 0 fully saturated rings. The summed E-state index contributed by atoms with van der Waals surface area (Å²) >= 11 is 5.78.